The van der Waals surface area contributed by atoms with Crippen molar-refractivity contribution in [2.75, 3.05) is 32.7 Å². The fraction of sp³-hybridized carbons (Fsp3) is 1.00. The number of rotatable bonds is 2. The lowest BCUT2D eigenvalue weighted by atomic mass is 9.79. The summed E-state index contributed by atoms with van der Waals surface area (Å²) >= 11 is 0. The van der Waals surface area contributed by atoms with Crippen LogP contribution >= 0.6 is 0 Å². The van der Waals surface area contributed by atoms with E-state index in [0.29, 0.717) is 11.6 Å². The van der Waals surface area contributed by atoms with Crippen LogP contribution in [-0.4, -0.2) is 60.1 Å². The summed E-state index contributed by atoms with van der Waals surface area (Å²) in [4.78, 5) is 5.51. The van der Waals surface area contributed by atoms with Crippen molar-refractivity contribution in [1.82, 2.24) is 15.1 Å². The lowest BCUT2D eigenvalue weighted by molar-refractivity contribution is 0.00387. The molecule has 3 rings (SSSR count). The van der Waals surface area contributed by atoms with Crippen LogP contribution < -0.4 is 5.32 Å². The molecule has 0 amide bonds. The summed E-state index contributed by atoms with van der Waals surface area (Å²) in [5.41, 5.74) is 0.458. The maximum Gasteiger partial charge on any atom is 0.0309 e. The quantitative estimate of drug-likeness (QED) is 0.838. The molecule has 3 nitrogen and oxygen atoms in total. The molecule has 1 aliphatic carbocycles. The van der Waals surface area contributed by atoms with E-state index in [1.165, 1.54) is 77.7 Å². The van der Waals surface area contributed by atoms with Gasteiger partial charge in [0.2, 0.25) is 0 Å². The van der Waals surface area contributed by atoms with Crippen LogP contribution in [0.4, 0.5) is 0 Å². The van der Waals surface area contributed by atoms with E-state index in [9.17, 15) is 0 Å². The minimum absolute atomic E-state index is 0.458. The van der Waals surface area contributed by atoms with Crippen molar-refractivity contribution < 1.29 is 0 Å². The summed E-state index contributed by atoms with van der Waals surface area (Å²) < 4.78 is 0. The van der Waals surface area contributed by atoms with Crippen LogP contribution in [0.15, 0.2) is 0 Å². The number of piperidine rings is 1. The average Bonchev–Trinajstić information content (AvgIpc) is 2.51. The Bertz CT molecular complexity index is 311. The van der Waals surface area contributed by atoms with Crippen LogP contribution in [0.2, 0.25) is 0 Å². The van der Waals surface area contributed by atoms with Gasteiger partial charge in [-0.15, -0.1) is 0 Å². The van der Waals surface area contributed by atoms with Gasteiger partial charge in [0, 0.05) is 37.3 Å². The molecule has 1 saturated carbocycles. The smallest absolute Gasteiger partial charge is 0.0309 e. The summed E-state index contributed by atoms with van der Waals surface area (Å²) in [6.07, 6.45) is 9.92. The monoisotopic (exact) mass is 279 g/mol. The summed E-state index contributed by atoms with van der Waals surface area (Å²) in [6, 6.07) is 1.52. The summed E-state index contributed by atoms with van der Waals surface area (Å²) in [7, 11) is 0. The van der Waals surface area contributed by atoms with Gasteiger partial charge in [-0.1, -0.05) is 26.2 Å². The second-order valence-electron chi connectivity index (χ2n) is 7.43. The highest BCUT2D eigenvalue weighted by molar-refractivity contribution is 5.01. The molecule has 2 atom stereocenters. The van der Waals surface area contributed by atoms with Crippen LogP contribution in [0.5, 0.6) is 0 Å². The number of hydrogen-bond acceptors (Lipinski definition) is 3. The molecule has 0 bridgehead atoms. The predicted molar refractivity (Wildman–Crippen MR) is 85.1 cm³/mol. The van der Waals surface area contributed by atoms with E-state index in [1.54, 1.807) is 0 Å². The van der Waals surface area contributed by atoms with Gasteiger partial charge in [-0.25, -0.2) is 0 Å². The molecule has 1 N–H and O–H groups in total. The SMILES string of the molecule is CCN1CCCC(N2CC3(CCCCC3)NCC2C)C1. The number of likely N-dealkylation sites (N-methyl/N-ethyl adjacent to an activating group) is 1. The zero-order chi connectivity index (χ0) is 14.0. The Morgan fingerprint density at radius 2 is 1.95 bits per heavy atom. The molecule has 2 heterocycles. The molecular weight excluding hydrogens is 246 g/mol. The molecule has 3 aliphatic rings. The third-order valence-corrected chi connectivity index (χ3v) is 6.03. The normalized spacial score (nSPS) is 36.3. The Balaban J connectivity index is 1.67. The predicted octanol–water partition coefficient (Wildman–Crippen LogP) is 2.47. The van der Waals surface area contributed by atoms with E-state index in [1.807, 2.05) is 0 Å². The zero-order valence-corrected chi connectivity index (χ0v) is 13.5. The molecule has 0 aromatic carbocycles. The van der Waals surface area contributed by atoms with Crippen molar-refractivity contribution in [3.8, 4) is 0 Å². The standard InChI is InChI=1S/C17H33N3/c1-3-19-11-7-8-16(13-19)20-14-17(18-12-15(20)2)9-5-4-6-10-17/h15-16,18H,3-14H2,1-2H3. The Hall–Kier alpha value is -0.120. The van der Waals surface area contributed by atoms with E-state index in [2.05, 4.69) is 29.0 Å². The first-order valence-electron chi connectivity index (χ1n) is 8.95. The Kier molecular flexibility index (Phi) is 4.68. The van der Waals surface area contributed by atoms with Gasteiger partial charge in [0.05, 0.1) is 0 Å². The molecular formula is C17H33N3. The van der Waals surface area contributed by atoms with Gasteiger partial charge >= 0.3 is 0 Å². The van der Waals surface area contributed by atoms with Crippen LogP contribution in [0.3, 0.4) is 0 Å². The minimum atomic E-state index is 0.458. The van der Waals surface area contributed by atoms with Gasteiger partial charge in [0.25, 0.3) is 0 Å². The summed E-state index contributed by atoms with van der Waals surface area (Å²) in [6.45, 7) is 11.1. The summed E-state index contributed by atoms with van der Waals surface area (Å²) in [5, 5.41) is 3.92. The highest BCUT2D eigenvalue weighted by atomic mass is 15.3. The van der Waals surface area contributed by atoms with Crippen molar-refractivity contribution in [2.24, 2.45) is 0 Å². The zero-order valence-electron chi connectivity index (χ0n) is 13.5. The van der Waals surface area contributed by atoms with Gasteiger partial charge in [-0.2, -0.15) is 0 Å². The van der Waals surface area contributed by atoms with Gasteiger partial charge in [0.15, 0.2) is 0 Å². The largest absolute Gasteiger partial charge is 0.308 e. The molecule has 2 saturated heterocycles. The molecule has 0 aromatic rings. The number of hydrogen-bond donors (Lipinski definition) is 1. The van der Waals surface area contributed by atoms with Crippen molar-refractivity contribution >= 4 is 0 Å². The van der Waals surface area contributed by atoms with Crippen molar-refractivity contribution in [3.05, 3.63) is 0 Å². The first-order chi connectivity index (χ1) is 9.72. The van der Waals surface area contributed by atoms with Gasteiger partial charge in [0.1, 0.15) is 0 Å². The van der Waals surface area contributed by atoms with Gasteiger partial charge in [-0.3, -0.25) is 4.90 Å². The maximum absolute atomic E-state index is 3.92. The van der Waals surface area contributed by atoms with Crippen molar-refractivity contribution in [1.29, 1.82) is 0 Å². The van der Waals surface area contributed by atoms with Crippen LogP contribution in [0.25, 0.3) is 0 Å². The maximum atomic E-state index is 3.92. The van der Waals surface area contributed by atoms with Crippen LogP contribution in [-0.2, 0) is 0 Å². The van der Waals surface area contributed by atoms with E-state index >= 15 is 0 Å². The van der Waals surface area contributed by atoms with E-state index in [0.717, 1.165) is 6.04 Å². The Labute approximate surface area is 125 Å². The first kappa shape index (κ1) is 14.8. The molecule has 3 fully saturated rings. The van der Waals surface area contributed by atoms with Crippen molar-refractivity contribution in [2.45, 2.75) is 76.4 Å². The molecule has 2 unspecified atom stereocenters. The number of likely N-dealkylation sites (tertiary alicyclic amines) is 1. The lowest BCUT2D eigenvalue weighted by Gasteiger charge is -2.52. The average molecular weight is 279 g/mol. The molecule has 3 heteroatoms. The first-order valence-corrected chi connectivity index (χ1v) is 8.95. The number of nitrogens with one attached hydrogen (secondary N) is 1. The highest BCUT2D eigenvalue weighted by Gasteiger charge is 2.41. The lowest BCUT2D eigenvalue weighted by Crippen LogP contribution is -2.67. The topological polar surface area (TPSA) is 18.5 Å². The molecule has 2 aliphatic heterocycles. The second-order valence-corrected chi connectivity index (χ2v) is 7.43. The van der Waals surface area contributed by atoms with Crippen LogP contribution in [0.1, 0.15) is 58.8 Å². The van der Waals surface area contributed by atoms with Gasteiger partial charge in [-0.05, 0) is 45.7 Å². The fourth-order valence-corrected chi connectivity index (χ4v) is 4.68. The third kappa shape index (κ3) is 3.05. The molecule has 1 spiro atoms. The molecule has 20 heavy (non-hydrogen) atoms. The number of nitrogens with zero attached hydrogens (tertiary/aromatic N) is 2. The van der Waals surface area contributed by atoms with E-state index in [-0.39, 0.29) is 0 Å². The van der Waals surface area contributed by atoms with Crippen LogP contribution in [0, 0.1) is 0 Å². The molecule has 0 aromatic heterocycles. The Morgan fingerprint density at radius 3 is 2.70 bits per heavy atom. The fourth-order valence-electron chi connectivity index (χ4n) is 4.68. The van der Waals surface area contributed by atoms with Crippen molar-refractivity contribution in [3.63, 3.8) is 0 Å². The third-order valence-electron chi connectivity index (χ3n) is 6.03. The van der Waals surface area contributed by atoms with E-state index in [4.69, 9.17) is 0 Å². The molecule has 116 valence electrons. The minimum Gasteiger partial charge on any atom is -0.308 e. The highest BCUT2D eigenvalue weighted by Crippen LogP contribution is 2.33. The molecule has 0 radical (unpaired) electrons. The van der Waals surface area contributed by atoms with E-state index < -0.39 is 0 Å². The summed E-state index contributed by atoms with van der Waals surface area (Å²) in [5.74, 6) is 0. The second kappa shape index (κ2) is 6.33. The number of piperazine rings is 1. The Morgan fingerprint density at radius 1 is 1.15 bits per heavy atom. The van der Waals surface area contributed by atoms with Gasteiger partial charge < -0.3 is 10.2 Å².